The summed E-state index contributed by atoms with van der Waals surface area (Å²) in [6.45, 7) is 3.74. The van der Waals surface area contributed by atoms with Crippen molar-refractivity contribution in [2.24, 2.45) is 5.92 Å². The molecule has 0 radical (unpaired) electrons. The Hall–Kier alpha value is -1.10. The fraction of sp³-hybridized carbons (Fsp3) is 0.588. The molecule has 0 bridgehead atoms. The van der Waals surface area contributed by atoms with Crippen LogP contribution in [0.4, 0.5) is 0 Å². The lowest BCUT2D eigenvalue weighted by Crippen LogP contribution is -2.48. The molecule has 0 unspecified atom stereocenters. The Morgan fingerprint density at radius 3 is 3.00 bits per heavy atom. The highest BCUT2D eigenvalue weighted by Crippen LogP contribution is 2.32. The van der Waals surface area contributed by atoms with Crippen LogP contribution in [0.1, 0.15) is 35.2 Å². The van der Waals surface area contributed by atoms with Gasteiger partial charge in [-0.2, -0.15) is 0 Å². The number of aliphatic hydroxyl groups excluding tert-OH is 1. The summed E-state index contributed by atoms with van der Waals surface area (Å²) in [6.07, 6.45) is 2.17. The Morgan fingerprint density at radius 2 is 2.23 bits per heavy atom. The van der Waals surface area contributed by atoms with Crippen molar-refractivity contribution in [1.29, 1.82) is 0 Å². The number of rotatable bonds is 2. The van der Waals surface area contributed by atoms with Crippen LogP contribution in [0.3, 0.4) is 0 Å². The van der Waals surface area contributed by atoms with Crippen molar-refractivity contribution in [2.75, 3.05) is 19.8 Å². The van der Waals surface area contributed by atoms with Gasteiger partial charge in [0.2, 0.25) is 0 Å². The Bertz CT molecular complexity index is 563. The van der Waals surface area contributed by atoms with Crippen LogP contribution in [0.15, 0.2) is 18.2 Å². The van der Waals surface area contributed by atoms with Crippen molar-refractivity contribution in [3.8, 4) is 0 Å². The quantitative estimate of drug-likeness (QED) is 0.910. The molecule has 4 nitrogen and oxygen atoms in total. The molecule has 1 aromatic carbocycles. The maximum Gasteiger partial charge on any atom is 0.254 e. The van der Waals surface area contributed by atoms with E-state index in [2.05, 4.69) is 0 Å². The molecule has 22 heavy (non-hydrogen) atoms. The Morgan fingerprint density at radius 1 is 1.41 bits per heavy atom. The van der Waals surface area contributed by atoms with Crippen LogP contribution in [0.2, 0.25) is 5.02 Å². The third-order valence-electron chi connectivity index (χ3n) is 4.91. The fourth-order valence-electron chi connectivity index (χ4n) is 3.60. The summed E-state index contributed by atoms with van der Waals surface area (Å²) in [5, 5.41) is 10.9. The van der Waals surface area contributed by atoms with E-state index < -0.39 is 0 Å². The van der Waals surface area contributed by atoms with Gasteiger partial charge in [-0.25, -0.2) is 0 Å². The Balaban J connectivity index is 1.83. The van der Waals surface area contributed by atoms with Gasteiger partial charge in [0.25, 0.3) is 5.91 Å². The second-order valence-electron chi connectivity index (χ2n) is 6.22. The summed E-state index contributed by atoms with van der Waals surface area (Å²) in [7, 11) is 0. The highest BCUT2D eigenvalue weighted by Gasteiger charge is 2.40. The minimum atomic E-state index is -0.382. The minimum Gasteiger partial charge on any atom is -0.393 e. The molecule has 3 atom stereocenters. The molecule has 0 spiro atoms. The molecular weight excluding hydrogens is 302 g/mol. The molecule has 1 N–H and O–H groups in total. The van der Waals surface area contributed by atoms with Crippen molar-refractivity contribution in [3.05, 3.63) is 34.3 Å². The first-order valence-electron chi connectivity index (χ1n) is 7.91. The van der Waals surface area contributed by atoms with E-state index in [1.807, 2.05) is 24.0 Å². The van der Waals surface area contributed by atoms with Crippen LogP contribution >= 0.6 is 11.6 Å². The average molecular weight is 324 g/mol. The third kappa shape index (κ3) is 2.87. The predicted octanol–water partition coefficient (Wildman–Crippen LogP) is 2.65. The first-order chi connectivity index (χ1) is 10.6. The van der Waals surface area contributed by atoms with E-state index in [1.54, 1.807) is 6.07 Å². The molecule has 2 fully saturated rings. The highest BCUT2D eigenvalue weighted by molar-refractivity contribution is 6.31. The van der Waals surface area contributed by atoms with E-state index in [-0.39, 0.29) is 24.0 Å². The first kappa shape index (κ1) is 15.8. The van der Waals surface area contributed by atoms with Crippen molar-refractivity contribution in [3.63, 3.8) is 0 Å². The molecule has 0 aliphatic carbocycles. The van der Waals surface area contributed by atoms with Gasteiger partial charge in [0, 0.05) is 35.7 Å². The summed E-state index contributed by atoms with van der Waals surface area (Å²) >= 11 is 6.14. The number of hydrogen-bond acceptors (Lipinski definition) is 3. The number of carbonyl (C=O) groups excluding carboxylic acids is 1. The largest absolute Gasteiger partial charge is 0.393 e. The van der Waals surface area contributed by atoms with Crippen molar-refractivity contribution >= 4 is 17.5 Å². The minimum absolute atomic E-state index is 0.0136. The lowest BCUT2D eigenvalue weighted by molar-refractivity contribution is -0.0589. The number of amides is 1. The second-order valence-corrected chi connectivity index (χ2v) is 6.62. The molecule has 5 heteroatoms. The number of likely N-dealkylation sites (tertiary alicyclic amines) is 1. The number of aliphatic hydroxyl groups is 1. The standard InChI is InChI=1S/C17H22ClNO3/c1-11-12(4-2-5-14(11)18)17(21)19-8-3-6-15(19)13-10-22-9-7-16(13)20/h2,4-5,13,15-16,20H,3,6-10H2,1H3/t13-,15-,16+/m1/s1. The third-order valence-corrected chi connectivity index (χ3v) is 5.32. The number of benzene rings is 1. The van der Waals surface area contributed by atoms with Gasteiger partial charge in [-0.15, -0.1) is 0 Å². The molecule has 0 aromatic heterocycles. The van der Waals surface area contributed by atoms with Crippen molar-refractivity contribution < 1.29 is 14.6 Å². The number of ether oxygens (including phenoxy) is 1. The van der Waals surface area contributed by atoms with E-state index in [0.717, 1.165) is 24.9 Å². The van der Waals surface area contributed by atoms with Crippen molar-refractivity contribution in [2.45, 2.75) is 38.3 Å². The van der Waals surface area contributed by atoms with Crippen LogP contribution in [0, 0.1) is 12.8 Å². The number of nitrogens with zero attached hydrogens (tertiary/aromatic N) is 1. The van der Waals surface area contributed by atoms with Gasteiger partial charge in [-0.05, 0) is 43.9 Å². The molecule has 120 valence electrons. The van der Waals surface area contributed by atoms with Crippen LogP contribution in [-0.2, 0) is 4.74 Å². The molecule has 2 aliphatic rings. The highest BCUT2D eigenvalue weighted by atomic mass is 35.5. The van der Waals surface area contributed by atoms with Gasteiger partial charge in [-0.1, -0.05) is 17.7 Å². The molecule has 2 heterocycles. The second kappa shape index (κ2) is 6.57. The number of carbonyl (C=O) groups is 1. The normalized spacial score (nSPS) is 28.9. The zero-order valence-electron chi connectivity index (χ0n) is 12.8. The summed E-state index contributed by atoms with van der Waals surface area (Å²) in [6, 6.07) is 5.49. The van der Waals surface area contributed by atoms with E-state index in [1.165, 1.54) is 0 Å². The molecule has 2 saturated heterocycles. The monoisotopic (exact) mass is 323 g/mol. The predicted molar refractivity (Wildman–Crippen MR) is 85.2 cm³/mol. The van der Waals surface area contributed by atoms with Crippen molar-refractivity contribution in [1.82, 2.24) is 4.90 Å². The SMILES string of the molecule is Cc1c(Cl)cccc1C(=O)N1CCC[C@@H]1[C@H]1COCC[C@@H]1O. The van der Waals surface area contributed by atoms with Gasteiger partial charge in [0.15, 0.2) is 0 Å². The van der Waals surface area contributed by atoms with Gasteiger partial charge >= 0.3 is 0 Å². The van der Waals surface area contributed by atoms with E-state index in [4.69, 9.17) is 16.3 Å². The van der Waals surface area contributed by atoms with E-state index in [9.17, 15) is 9.90 Å². The van der Waals surface area contributed by atoms with Crippen LogP contribution < -0.4 is 0 Å². The molecule has 2 aliphatic heterocycles. The maximum atomic E-state index is 12.9. The van der Waals surface area contributed by atoms with Crippen LogP contribution in [0.25, 0.3) is 0 Å². The maximum absolute atomic E-state index is 12.9. The summed E-state index contributed by atoms with van der Waals surface area (Å²) in [4.78, 5) is 14.8. The topological polar surface area (TPSA) is 49.8 Å². The van der Waals surface area contributed by atoms with Gasteiger partial charge in [-0.3, -0.25) is 4.79 Å². The summed E-state index contributed by atoms with van der Waals surface area (Å²) in [5.41, 5.74) is 1.48. The molecule has 1 amide bonds. The Labute approximate surface area is 136 Å². The van der Waals surface area contributed by atoms with Crippen LogP contribution in [0.5, 0.6) is 0 Å². The Kier molecular flexibility index (Phi) is 4.71. The van der Waals surface area contributed by atoms with E-state index >= 15 is 0 Å². The molecule has 3 rings (SSSR count). The lowest BCUT2D eigenvalue weighted by Gasteiger charge is -2.37. The van der Waals surface area contributed by atoms with E-state index in [0.29, 0.717) is 30.2 Å². The number of hydrogen-bond donors (Lipinski definition) is 1. The number of halogens is 1. The first-order valence-corrected chi connectivity index (χ1v) is 8.29. The zero-order chi connectivity index (χ0) is 15.7. The van der Waals surface area contributed by atoms with Crippen LogP contribution in [-0.4, -0.2) is 47.8 Å². The molecular formula is C17H22ClNO3. The molecule has 0 saturated carbocycles. The summed E-state index contributed by atoms with van der Waals surface area (Å²) < 4.78 is 5.52. The average Bonchev–Trinajstić information content (AvgIpc) is 2.99. The smallest absolute Gasteiger partial charge is 0.254 e. The molecule has 1 aromatic rings. The fourth-order valence-corrected chi connectivity index (χ4v) is 3.77. The van der Waals surface area contributed by atoms with Gasteiger partial charge in [0.1, 0.15) is 0 Å². The lowest BCUT2D eigenvalue weighted by atomic mass is 9.89. The zero-order valence-corrected chi connectivity index (χ0v) is 13.6. The van der Waals surface area contributed by atoms with Gasteiger partial charge in [0.05, 0.1) is 12.7 Å². The van der Waals surface area contributed by atoms with Gasteiger partial charge < -0.3 is 14.7 Å². The summed E-state index contributed by atoms with van der Waals surface area (Å²) in [5.74, 6) is 0.0277.